The van der Waals surface area contributed by atoms with E-state index in [0.29, 0.717) is 6.54 Å². The number of piperidine rings is 1. The molecule has 1 aromatic heterocycles. The van der Waals surface area contributed by atoms with Crippen molar-refractivity contribution in [3.05, 3.63) is 22.7 Å². The van der Waals surface area contributed by atoms with Gasteiger partial charge in [0.25, 0.3) is 5.56 Å². The van der Waals surface area contributed by atoms with Crippen LogP contribution >= 0.6 is 0 Å². The van der Waals surface area contributed by atoms with Crippen molar-refractivity contribution in [1.82, 2.24) is 9.97 Å². The fourth-order valence-electron chi connectivity index (χ4n) is 2.64. The lowest BCUT2D eigenvalue weighted by Crippen LogP contribution is -2.56. The highest BCUT2D eigenvalue weighted by atomic mass is 16.4. The molecule has 6 nitrogen and oxygen atoms in total. The largest absolute Gasteiger partial charge is 0.480 e. The van der Waals surface area contributed by atoms with Gasteiger partial charge in [0.1, 0.15) is 6.04 Å². The summed E-state index contributed by atoms with van der Waals surface area (Å²) in [7, 11) is 0. The molecule has 1 aliphatic heterocycles. The van der Waals surface area contributed by atoms with Gasteiger partial charge in [-0.25, -0.2) is 9.78 Å². The van der Waals surface area contributed by atoms with Gasteiger partial charge in [-0.1, -0.05) is 13.8 Å². The second kappa shape index (κ2) is 4.44. The molecule has 1 aromatic rings. The van der Waals surface area contributed by atoms with Gasteiger partial charge in [-0.15, -0.1) is 0 Å². The molecule has 0 radical (unpaired) electrons. The van der Waals surface area contributed by atoms with Crippen molar-refractivity contribution in [1.29, 1.82) is 0 Å². The summed E-state index contributed by atoms with van der Waals surface area (Å²) in [4.78, 5) is 31.4. The van der Waals surface area contributed by atoms with Gasteiger partial charge in [0.15, 0.2) is 5.82 Å². The monoisotopic (exact) mass is 251 g/mol. The molecular formula is C12H17N3O3. The molecule has 1 saturated heterocycles. The highest BCUT2D eigenvalue weighted by Gasteiger charge is 2.43. The first kappa shape index (κ1) is 12.6. The Labute approximate surface area is 105 Å². The predicted octanol–water partition coefficient (Wildman–Crippen LogP) is 0.849. The van der Waals surface area contributed by atoms with E-state index in [9.17, 15) is 14.7 Å². The number of hydrogen-bond acceptors (Lipinski definition) is 4. The minimum Gasteiger partial charge on any atom is -0.480 e. The van der Waals surface area contributed by atoms with E-state index in [1.165, 1.54) is 12.4 Å². The van der Waals surface area contributed by atoms with Crippen molar-refractivity contribution in [2.24, 2.45) is 5.41 Å². The Morgan fingerprint density at radius 3 is 2.94 bits per heavy atom. The first-order valence-electron chi connectivity index (χ1n) is 5.96. The SMILES string of the molecule is CC1(C)CCCN(c2ncc[nH]c2=O)C1C(=O)O. The number of nitrogens with one attached hydrogen (secondary N) is 1. The lowest BCUT2D eigenvalue weighted by atomic mass is 9.76. The minimum absolute atomic E-state index is 0.192. The van der Waals surface area contributed by atoms with E-state index < -0.39 is 12.0 Å². The number of nitrogens with zero attached hydrogens (tertiary/aromatic N) is 2. The van der Waals surface area contributed by atoms with Gasteiger partial charge in [0.05, 0.1) is 0 Å². The smallest absolute Gasteiger partial charge is 0.326 e. The molecule has 18 heavy (non-hydrogen) atoms. The molecule has 0 saturated carbocycles. The Morgan fingerprint density at radius 1 is 1.61 bits per heavy atom. The predicted molar refractivity (Wildman–Crippen MR) is 66.6 cm³/mol. The molecule has 2 heterocycles. The van der Waals surface area contributed by atoms with E-state index >= 15 is 0 Å². The van der Waals surface area contributed by atoms with Crippen LogP contribution in [-0.2, 0) is 4.79 Å². The summed E-state index contributed by atoms with van der Waals surface area (Å²) in [5.41, 5.74) is -0.727. The normalized spacial score (nSPS) is 22.8. The van der Waals surface area contributed by atoms with Crippen molar-refractivity contribution in [2.45, 2.75) is 32.7 Å². The number of aromatic nitrogens is 2. The van der Waals surface area contributed by atoms with Crippen LogP contribution in [0.15, 0.2) is 17.2 Å². The van der Waals surface area contributed by atoms with Crippen LogP contribution in [-0.4, -0.2) is 33.6 Å². The Hall–Kier alpha value is -1.85. The molecule has 1 fully saturated rings. The van der Waals surface area contributed by atoms with E-state index in [2.05, 4.69) is 9.97 Å². The summed E-state index contributed by atoms with van der Waals surface area (Å²) < 4.78 is 0. The number of carbonyl (C=O) groups is 1. The Kier molecular flexibility index (Phi) is 3.11. The van der Waals surface area contributed by atoms with Crippen LogP contribution in [0.5, 0.6) is 0 Å². The minimum atomic E-state index is -0.912. The second-order valence-corrected chi connectivity index (χ2v) is 5.27. The lowest BCUT2D eigenvalue weighted by Gasteiger charge is -2.44. The molecule has 2 rings (SSSR count). The lowest BCUT2D eigenvalue weighted by molar-refractivity contribution is -0.142. The molecule has 1 unspecified atom stereocenters. The fourth-order valence-corrected chi connectivity index (χ4v) is 2.64. The highest BCUT2D eigenvalue weighted by Crippen LogP contribution is 2.36. The molecule has 1 atom stereocenters. The molecule has 1 aliphatic rings. The summed E-state index contributed by atoms with van der Waals surface area (Å²) in [6.45, 7) is 4.37. The van der Waals surface area contributed by atoms with E-state index in [0.717, 1.165) is 12.8 Å². The van der Waals surface area contributed by atoms with Crippen molar-refractivity contribution in [2.75, 3.05) is 11.4 Å². The van der Waals surface area contributed by atoms with Crippen LogP contribution in [0.3, 0.4) is 0 Å². The van der Waals surface area contributed by atoms with Gasteiger partial charge in [0, 0.05) is 18.9 Å². The van der Waals surface area contributed by atoms with Gasteiger partial charge in [-0.2, -0.15) is 0 Å². The van der Waals surface area contributed by atoms with E-state index in [4.69, 9.17) is 0 Å². The van der Waals surface area contributed by atoms with Crippen LogP contribution in [0.4, 0.5) is 5.82 Å². The average molecular weight is 251 g/mol. The van der Waals surface area contributed by atoms with Crippen LogP contribution in [0.2, 0.25) is 0 Å². The van der Waals surface area contributed by atoms with Gasteiger partial charge < -0.3 is 15.0 Å². The fraction of sp³-hybridized carbons (Fsp3) is 0.583. The number of aromatic amines is 1. The van der Waals surface area contributed by atoms with Gasteiger partial charge in [0.2, 0.25) is 0 Å². The van der Waals surface area contributed by atoms with Crippen LogP contribution < -0.4 is 10.5 Å². The first-order chi connectivity index (χ1) is 8.43. The van der Waals surface area contributed by atoms with Crippen molar-refractivity contribution in [3.63, 3.8) is 0 Å². The van der Waals surface area contributed by atoms with Crippen LogP contribution in [0.1, 0.15) is 26.7 Å². The van der Waals surface area contributed by atoms with E-state index in [1.807, 2.05) is 13.8 Å². The maximum atomic E-state index is 11.7. The number of rotatable bonds is 2. The van der Waals surface area contributed by atoms with Crippen LogP contribution in [0.25, 0.3) is 0 Å². The topological polar surface area (TPSA) is 86.3 Å². The number of aliphatic carboxylic acids is 1. The number of carboxylic acids is 1. The summed E-state index contributed by atoms with van der Waals surface area (Å²) in [6, 6.07) is -0.720. The molecule has 2 N–H and O–H groups in total. The molecule has 6 heteroatoms. The average Bonchev–Trinajstić information content (AvgIpc) is 2.27. The molecule has 0 spiro atoms. The van der Waals surface area contributed by atoms with E-state index in [1.54, 1.807) is 4.90 Å². The molecule has 0 aromatic carbocycles. The van der Waals surface area contributed by atoms with Gasteiger partial charge in [-0.3, -0.25) is 4.79 Å². The molecule has 0 bridgehead atoms. The Morgan fingerprint density at radius 2 is 2.33 bits per heavy atom. The maximum Gasteiger partial charge on any atom is 0.326 e. The van der Waals surface area contributed by atoms with Crippen molar-refractivity contribution in [3.8, 4) is 0 Å². The Balaban J connectivity index is 2.45. The third-order valence-corrected chi connectivity index (χ3v) is 3.47. The van der Waals surface area contributed by atoms with Crippen LogP contribution in [0, 0.1) is 5.41 Å². The Bertz CT molecular complexity index is 509. The highest BCUT2D eigenvalue weighted by molar-refractivity contribution is 5.79. The first-order valence-corrected chi connectivity index (χ1v) is 5.96. The molecular weight excluding hydrogens is 234 g/mol. The summed E-state index contributed by atoms with van der Waals surface area (Å²) in [5.74, 6) is -0.720. The number of H-pyrrole nitrogens is 1. The van der Waals surface area contributed by atoms with E-state index in [-0.39, 0.29) is 16.8 Å². The summed E-state index contributed by atoms with van der Waals surface area (Å²) >= 11 is 0. The zero-order valence-corrected chi connectivity index (χ0v) is 10.5. The number of carboxylic acid groups (broad SMARTS) is 1. The number of hydrogen-bond donors (Lipinski definition) is 2. The molecule has 98 valence electrons. The third kappa shape index (κ3) is 2.10. The molecule has 0 amide bonds. The maximum absolute atomic E-state index is 11.7. The quantitative estimate of drug-likeness (QED) is 0.813. The van der Waals surface area contributed by atoms with Gasteiger partial charge >= 0.3 is 5.97 Å². The van der Waals surface area contributed by atoms with Gasteiger partial charge in [-0.05, 0) is 18.3 Å². The van der Waals surface area contributed by atoms with Crippen molar-refractivity contribution >= 4 is 11.8 Å². The zero-order valence-electron chi connectivity index (χ0n) is 10.5. The standard InChI is InChI=1S/C12H17N3O3/c1-12(2)4-3-7-15(8(12)11(17)18)9-10(16)14-6-5-13-9/h5-6,8H,3-4,7H2,1-2H3,(H,14,16)(H,17,18). The zero-order chi connectivity index (χ0) is 13.3. The molecule has 0 aliphatic carbocycles. The van der Waals surface area contributed by atoms with Crippen molar-refractivity contribution < 1.29 is 9.90 Å². The third-order valence-electron chi connectivity index (χ3n) is 3.47. The summed E-state index contributed by atoms with van der Waals surface area (Å²) in [6.07, 6.45) is 4.59. The summed E-state index contributed by atoms with van der Waals surface area (Å²) in [5, 5.41) is 9.41. The number of anilines is 1. The second-order valence-electron chi connectivity index (χ2n) is 5.27.